The van der Waals surface area contributed by atoms with E-state index in [1.54, 1.807) is 13.0 Å². The van der Waals surface area contributed by atoms with Crippen LogP contribution in [0, 0.1) is 0 Å². The van der Waals surface area contributed by atoms with Crippen LogP contribution in [0.15, 0.2) is 12.2 Å². The predicted molar refractivity (Wildman–Crippen MR) is 45.8 cm³/mol. The van der Waals surface area contributed by atoms with E-state index in [2.05, 4.69) is 4.18 Å². The molecule has 0 fully saturated rings. The fourth-order valence-electron chi connectivity index (χ4n) is 0.646. The van der Waals surface area contributed by atoms with Gasteiger partial charge in [-0.1, -0.05) is 6.08 Å². The van der Waals surface area contributed by atoms with Crippen molar-refractivity contribution in [3.63, 3.8) is 0 Å². The van der Waals surface area contributed by atoms with Gasteiger partial charge in [0.15, 0.2) is 5.78 Å². The van der Waals surface area contributed by atoms with Crippen molar-refractivity contribution in [2.75, 3.05) is 6.61 Å². The van der Waals surface area contributed by atoms with E-state index < -0.39 is 11.4 Å². The molecule has 4 nitrogen and oxygen atoms in total. The normalized spacial score (nSPS) is 13.5. The standard InChI is InChI=1S/C7H12O4S/c1-2-4-7(8)5-3-6-11-12(9)10/h2,4H,3,5-6H2,1H3,(H,9,10). The molecule has 1 N–H and O–H groups in total. The van der Waals surface area contributed by atoms with E-state index in [0.717, 1.165) is 0 Å². The van der Waals surface area contributed by atoms with Crippen LogP contribution in [0.2, 0.25) is 0 Å². The third-order valence-electron chi connectivity index (χ3n) is 1.10. The van der Waals surface area contributed by atoms with Crippen molar-refractivity contribution >= 4 is 17.1 Å². The summed E-state index contributed by atoms with van der Waals surface area (Å²) in [6.45, 7) is 1.89. The average molecular weight is 192 g/mol. The molecular weight excluding hydrogens is 180 g/mol. The number of rotatable bonds is 6. The van der Waals surface area contributed by atoms with Crippen molar-refractivity contribution in [3.8, 4) is 0 Å². The second kappa shape index (κ2) is 7.15. The molecular formula is C7H12O4S. The Balaban J connectivity index is 3.31. The molecule has 12 heavy (non-hydrogen) atoms. The summed E-state index contributed by atoms with van der Waals surface area (Å²) in [5, 5.41) is 0. The molecule has 1 unspecified atom stereocenters. The van der Waals surface area contributed by atoms with Crippen LogP contribution in [0.1, 0.15) is 19.8 Å². The van der Waals surface area contributed by atoms with Crippen LogP contribution in [-0.2, 0) is 20.3 Å². The Hall–Kier alpha value is -0.520. The average Bonchev–Trinajstić information content (AvgIpc) is 1.98. The summed E-state index contributed by atoms with van der Waals surface area (Å²) in [4.78, 5) is 10.8. The second-order valence-electron chi connectivity index (χ2n) is 2.11. The second-order valence-corrected chi connectivity index (χ2v) is 2.78. The van der Waals surface area contributed by atoms with Gasteiger partial charge in [-0.05, 0) is 19.4 Å². The lowest BCUT2D eigenvalue weighted by Gasteiger charge is -1.95. The minimum Gasteiger partial charge on any atom is -0.295 e. The van der Waals surface area contributed by atoms with Gasteiger partial charge in [0, 0.05) is 6.42 Å². The number of hydrogen-bond donors (Lipinski definition) is 1. The largest absolute Gasteiger partial charge is 0.301 e. The Morgan fingerprint density at radius 3 is 2.83 bits per heavy atom. The minimum absolute atomic E-state index is 0.00446. The maximum absolute atomic E-state index is 10.8. The van der Waals surface area contributed by atoms with Crippen molar-refractivity contribution in [1.82, 2.24) is 0 Å². The smallest absolute Gasteiger partial charge is 0.295 e. The predicted octanol–water partition coefficient (Wildman–Crippen LogP) is 1.07. The topological polar surface area (TPSA) is 63.6 Å². The summed E-state index contributed by atoms with van der Waals surface area (Å²) < 4.78 is 22.5. The molecule has 1 atom stereocenters. The first-order valence-electron chi connectivity index (χ1n) is 3.56. The molecule has 0 saturated heterocycles. The Labute approximate surface area is 74.1 Å². The van der Waals surface area contributed by atoms with E-state index in [0.29, 0.717) is 12.8 Å². The number of ketones is 1. The van der Waals surface area contributed by atoms with Gasteiger partial charge >= 0.3 is 11.4 Å². The van der Waals surface area contributed by atoms with E-state index >= 15 is 0 Å². The zero-order valence-electron chi connectivity index (χ0n) is 6.86. The third-order valence-corrected chi connectivity index (χ3v) is 1.47. The van der Waals surface area contributed by atoms with Crippen LogP contribution in [0.25, 0.3) is 0 Å². The summed E-state index contributed by atoms with van der Waals surface area (Å²) in [6, 6.07) is 0. The first-order chi connectivity index (χ1) is 5.66. The van der Waals surface area contributed by atoms with Gasteiger partial charge in [-0.25, -0.2) is 0 Å². The molecule has 0 bridgehead atoms. The fourth-order valence-corrected chi connectivity index (χ4v) is 0.906. The summed E-state index contributed by atoms with van der Waals surface area (Å²) in [6.07, 6.45) is 3.94. The number of carbonyl (C=O) groups excluding carboxylic acids is 1. The molecule has 0 aromatic heterocycles. The first kappa shape index (κ1) is 11.5. The molecule has 0 aromatic carbocycles. The molecule has 0 saturated carbocycles. The molecule has 5 heteroatoms. The van der Waals surface area contributed by atoms with E-state index in [4.69, 9.17) is 4.55 Å². The zero-order valence-corrected chi connectivity index (χ0v) is 7.67. The molecule has 0 heterocycles. The van der Waals surface area contributed by atoms with Crippen molar-refractivity contribution < 1.29 is 17.7 Å². The summed E-state index contributed by atoms with van der Waals surface area (Å²) >= 11 is -2.21. The monoisotopic (exact) mass is 192 g/mol. The van der Waals surface area contributed by atoms with Gasteiger partial charge in [-0.2, -0.15) is 4.21 Å². The molecule has 0 aliphatic heterocycles. The number of allylic oxidation sites excluding steroid dienone is 2. The summed E-state index contributed by atoms with van der Waals surface area (Å²) in [7, 11) is 0. The fraction of sp³-hybridized carbons (Fsp3) is 0.571. The maximum atomic E-state index is 10.8. The Morgan fingerprint density at radius 1 is 1.67 bits per heavy atom. The third kappa shape index (κ3) is 7.59. The summed E-state index contributed by atoms with van der Waals surface area (Å²) in [5.41, 5.74) is 0. The maximum Gasteiger partial charge on any atom is 0.301 e. The highest BCUT2D eigenvalue weighted by molar-refractivity contribution is 7.74. The number of carbonyl (C=O) groups is 1. The highest BCUT2D eigenvalue weighted by Crippen LogP contribution is 1.94. The van der Waals surface area contributed by atoms with Gasteiger partial charge in [0.25, 0.3) is 0 Å². The van der Waals surface area contributed by atoms with E-state index in [-0.39, 0.29) is 12.4 Å². The van der Waals surface area contributed by atoms with Crippen LogP contribution in [0.5, 0.6) is 0 Å². The van der Waals surface area contributed by atoms with E-state index in [9.17, 15) is 9.00 Å². The van der Waals surface area contributed by atoms with Crippen LogP contribution < -0.4 is 0 Å². The first-order valence-corrected chi connectivity index (χ1v) is 4.59. The van der Waals surface area contributed by atoms with Gasteiger partial charge in [0.1, 0.15) is 0 Å². The van der Waals surface area contributed by atoms with E-state index in [1.165, 1.54) is 6.08 Å². The molecule has 0 aliphatic carbocycles. The molecule has 0 spiro atoms. The SMILES string of the molecule is CC=CC(=O)CCCOS(=O)O. The molecule has 0 aromatic rings. The Morgan fingerprint density at radius 2 is 2.33 bits per heavy atom. The van der Waals surface area contributed by atoms with Crippen molar-refractivity contribution in [3.05, 3.63) is 12.2 Å². The molecule has 0 rings (SSSR count). The number of hydrogen-bond acceptors (Lipinski definition) is 3. The van der Waals surface area contributed by atoms with Gasteiger partial charge in [-0.3, -0.25) is 13.5 Å². The van der Waals surface area contributed by atoms with Crippen LogP contribution in [0.4, 0.5) is 0 Å². The quantitative estimate of drug-likeness (QED) is 0.388. The van der Waals surface area contributed by atoms with Gasteiger partial charge in [0.05, 0.1) is 6.61 Å². The van der Waals surface area contributed by atoms with E-state index in [1.807, 2.05) is 0 Å². The lowest BCUT2D eigenvalue weighted by molar-refractivity contribution is -0.114. The minimum atomic E-state index is -2.21. The zero-order chi connectivity index (χ0) is 9.40. The van der Waals surface area contributed by atoms with Crippen molar-refractivity contribution in [2.24, 2.45) is 0 Å². The lowest BCUT2D eigenvalue weighted by atomic mass is 10.2. The molecule has 0 aliphatic rings. The molecule has 0 amide bonds. The highest BCUT2D eigenvalue weighted by Gasteiger charge is 1.97. The van der Waals surface area contributed by atoms with Gasteiger partial charge in [0.2, 0.25) is 0 Å². The molecule has 0 radical (unpaired) electrons. The van der Waals surface area contributed by atoms with Gasteiger partial charge in [-0.15, -0.1) is 0 Å². The van der Waals surface area contributed by atoms with Crippen LogP contribution >= 0.6 is 0 Å². The van der Waals surface area contributed by atoms with Crippen molar-refractivity contribution in [1.29, 1.82) is 0 Å². The van der Waals surface area contributed by atoms with Crippen LogP contribution in [0.3, 0.4) is 0 Å². The Bertz CT molecular complexity index is 188. The summed E-state index contributed by atoms with van der Waals surface area (Å²) in [5.74, 6) is 0.00446. The van der Waals surface area contributed by atoms with Crippen molar-refractivity contribution in [2.45, 2.75) is 19.8 Å². The van der Waals surface area contributed by atoms with Crippen LogP contribution in [-0.4, -0.2) is 21.2 Å². The highest BCUT2D eigenvalue weighted by atomic mass is 32.2. The Kier molecular flexibility index (Phi) is 6.84. The lowest BCUT2D eigenvalue weighted by Crippen LogP contribution is -2.00. The molecule has 70 valence electrons. The van der Waals surface area contributed by atoms with Gasteiger partial charge < -0.3 is 0 Å².